The fourth-order valence-electron chi connectivity index (χ4n) is 2.93. The number of nitrogens with one attached hydrogen (secondary N) is 1. The number of hydrogen-bond donors (Lipinski definition) is 1. The molecular weight excluding hydrogens is 258 g/mol. The van der Waals surface area contributed by atoms with Crippen molar-refractivity contribution in [3.63, 3.8) is 0 Å². The molecule has 0 radical (unpaired) electrons. The topological polar surface area (TPSA) is 21.3 Å². The molecule has 2 nitrogen and oxygen atoms in total. The maximum atomic E-state index is 6.08. The first-order valence-corrected chi connectivity index (χ1v) is 8.47. The number of benzene rings is 1. The van der Waals surface area contributed by atoms with Crippen molar-refractivity contribution in [3.8, 4) is 5.75 Å². The number of aryl methyl sites for hydroxylation is 2. The van der Waals surface area contributed by atoms with E-state index in [0.29, 0.717) is 0 Å². The zero-order valence-corrected chi connectivity index (χ0v) is 14.2. The number of ether oxygens (including phenoxy) is 1. The molecule has 1 aliphatic carbocycles. The zero-order chi connectivity index (χ0) is 15.3. The van der Waals surface area contributed by atoms with Crippen LogP contribution in [0.3, 0.4) is 0 Å². The Kier molecular flexibility index (Phi) is 5.69. The molecule has 0 aromatic heterocycles. The summed E-state index contributed by atoms with van der Waals surface area (Å²) in [5, 5.41) is 3.53. The van der Waals surface area contributed by atoms with Crippen molar-refractivity contribution in [2.45, 2.75) is 77.9 Å². The number of fused-ring (bicyclic) bond motifs is 1. The molecule has 0 saturated heterocycles. The molecule has 1 N–H and O–H groups in total. The summed E-state index contributed by atoms with van der Waals surface area (Å²) in [6, 6.07) is 6.67. The Morgan fingerprint density at radius 2 is 1.86 bits per heavy atom. The highest BCUT2D eigenvalue weighted by Crippen LogP contribution is 2.26. The molecule has 1 aliphatic rings. The smallest absolute Gasteiger partial charge is 0.119 e. The van der Waals surface area contributed by atoms with Crippen molar-refractivity contribution < 1.29 is 4.74 Å². The van der Waals surface area contributed by atoms with Crippen molar-refractivity contribution in [1.29, 1.82) is 0 Å². The van der Waals surface area contributed by atoms with E-state index in [-0.39, 0.29) is 11.6 Å². The van der Waals surface area contributed by atoms with Gasteiger partial charge < -0.3 is 10.1 Å². The van der Waals surface area contributed by atoms with Gasteiger partial charge in [0.15, 0.2) is 0 Å². The zero-order valence-electron chi connectivity index (χ0n) is 14.2. The average Bonchev–Trinajstić information content (AvgIpc) is 2.42. The van der Waals surface area contributed by atoms with Gasteiger partial charge in [0.1, 0.15) is 5.75 Å². The molecule has 1 atom stereocenters. The van der Waals surface area contributed by atoms with E-state index in [2.05, 4.69) is 51.2 Å². The van der Waals surface area contributed by atoms with Crippen molar-refractivity contribution in [1.82, 2.24) is 5.32 Å². The molecule has 2 heteroatoms. The predicted molar refractivity (Wildman–Crippen MR) is 90.2 cm³/mol. The lowest BCUT2D eigenvalue weighted by Gasteiger charge is -2.22. The third-order valence-electron chi connectivity index (χ3n) is 4.10. The number of hydrogen-bond acceptors (Lipinski definition) is 2. The van der Waals surface area contributed by atoms with Crippen LogP contribution in [0.5, 0.6) is 5.75 Å². The summed E-state index contributed by atoms with van der Waals surface area (Å²) in [5.74, 6) is 1.05. The minimum absolute atomic E-state index is 0.211. The molecule has 0 saturated carbocycles. The third kappa shape index (κ3) is 5.70. The van der Waals surface area contributed by atoms with Crippen LogP contribution in [-0.4, -0.2) is 18.2 Å². The van der Waals surface area contributed by atoms with E-state index < -0.39 is 0 Å². The van der Waals surface area contributed by atoms with Gasteiger partial charge in [-0.2, -0.15) is 0 Å². The largest absolute Gasteiger partial charge is 0.491 e. The molecule has 118 valence electrons. The second-order valence-corrected chi connectivity index (χ2v) is 7.39. The standard InChI is InChI=1S/C19H31NO/c1-15(8-7-13-20-19(2,3)4)21-18-12-11-16-9-5-6-10-17(16)14-18/h11-12,14-15,20H,5-10,13H2,1-4H3. The Morgan fingerprint density at radius 1 is 1.14 bits per heavy atom. The van der Waals surface area contributed by atoms with Crippen LogP contribution in [0.1, 0.15) is 64.5 Å². The molecule has 1 unspecified atom stereocenters. The van der Waals surface area contributed by atoms with E-state index in [1.165, 1.54) is 36.8 Å². The summed E-state index contributed by atoms with van der Waals surface area (Å²) in [5.41, 5.74) is 3.23. The van der Waals surface area contributed by atoms with Crippen molar-refractivity contribution in [2.24, 2.45) is 0 Å². The summed E-state index contributed by atoms with van der Waals surface area (Å²) < 4.78 is 6.08. The summed E-state index contributed by atoms with van der Waals surface area (Å²) >= 11 is 0. The van der Waals surface area contributed by atoms with E-state index in [0.717, 1.165) is 25.1 Å². The fraction of sp³-hybridized carbons (Fsp3) is 0.684. The maximum absolute atomic E-state index is 6.08. The molecule has 0 bridgehead atoms. The van der Waals surface area contributed by atoms with Gasteiger partial charge in [0.25, 0.3) is 0 Å². The van der Waals surface area contributed by atoms with Gasteiger partial charge in [-0.05, 0) is 96.0 Å². The van der Waals surface area contributed by atoms with Gasteiger partial charge in [-0.25, -0.2) is 0 Å². The lowest BCUT2D eigenvalue weighted by Crippen LogP contribution is -2.36. The molecule has 0 spiro atoms. The molecule has 0 aliphatic heterocycles. The van der Waals surface area contributed by atoms with Gasteiger partial charge >= 0.3 is 0 Å². The molecule has 0 amide bonds. The Bertz CT molecular complexity index is 447. The van der Waals surface area contributed by atoms with E-state index >= 15 is 0 Å². The summed E-state index contributed by atoms with van der Waals surface area (Å²) in [4.78, 5) is 0. The quantitative estimate of drug-likeness (QED) is 0.778. The highest BCUT2D eigenvalue weighted by atomic mass is 16.5. The second kappa shape index (κ2) is 7.31. The van der Waals surface area contributed by atoms with Gasteiger partial charge in [0.2, 0.25) is 0 Å². The van der Waals surface area contributed by atoms with Crippen LogP contribution < -0.4 is 10.1 Å². The minimum Gasteiger partial charge on any atom is -0.491 e. The Hall–Kier alpha value is -1.02. The third-order valence-corrected chi connectivity index (χ3v) is 4.10. The van der Waals surface area contributed by atoms with Crippen LogP contribution >= 0.6 is 0 Å². The predicted octanol–water partition coefficient (Wildman–Crippen LogP) is 4.50. The monoisotopic (exact) mass is 289 g/mol. The molecule has 1 aromatic rings. The summed E-state index contributed by atoms with van der Waals surface area (Å²) in [6.07, 6.45) is 7.66. The van der Waals surface area contributed by atoms with E-state index in [9.17, 15) is 0 Å². The van der Waals surface area contributed by atoms with Gasteiger partial charge in [-0.1, -0.05) is 6.07 Å². The fourth-order valence-corrected chi connectivity index (χ4v) is 2.93. The molecule has 21 heavy (non-hydrogen) atoms. The highest BCUT2D eigenvalue weighted by Gasteiger charge is 2.12. The van der Waals surface area contributed by atoms with E-state index in [1.807, 2.05) is 0 Å². The van der Waals surface area contributed by atoms with Crippen molar-refractivity contribution >= 4 is 0 Å². The first-order valence-electron chi connectivity index (χ1n) is 8.47. The van der Waals surface area contributed by atoms with Crippen LogP contribution in [0.25, 0.3) is 0 Å². The van der Waals surface area contributed by atoms with Crippen LogP contribution in [0.4, 0.5) is 0 Å². The van der Waals surface area contributed by atoms with Gasteiger partial charge in [0, 0.05) is 5.54 Å². The average molecular weight is 289 g/mol. The first kappa shape index (κ1) is 16.4. The lowest BCUT2D eigenvalue weighted by atomic mass is 9.92. The van der Waals surface area contributed by atoms with E-state index in [1.54, 1.807) is 0 Å². The molecule has 2 rings (SSSR count). The van der Waals surface area contributed by atoms with Crippen LogP contribution in [-0.2, 0) is 12.8 Å². The van der Waals surface area contributed by atoms with Crippen LogP contribution in [0.2, 0.25) is 0 Å². The highest BCUT2D eigenvalue weighted by molar-refractivity contribution is 5.37. The Morgan fingerprint density at radius 3 is 2.57 bits per heavy atom. The second-order valence-electron chi connectivity index (χ2n) is 7.39. The van der Waals surface area contributed by atoms with Crippen LogP contribution in [0, 0.1) is 0 Å². The lowest BCUT2D eigenvalue weighted by molar-refractivity contribution is 0.205. The maximum Gasteiger partial charge on any atom is 0.119 e. The Labute approximate surface area is 130 Å². The molecule has 0 fully saturated rings. The normalized spacial score (nSPS) is 16.4. The molecule has 1 aromatic carbocycles. The van der Waals surface area contributed by atoms with Gasteiger partial charge in [-0.3, -0.25) is 0 Å². The van der Waals surface area contributed by atoms with Gasteiger partial charge in [-0.15, -0.1) is 0 Å². The van der Waals surface area contributed by atoms with Gasteiger partial charge in [0.05, 0.1) is 6.10 Å². The summed E-state index contributed by atoms with van der Waals surface area (Å²) in [7, 11) is 0. The number of rotatable bonds is 6. The summed E-state index contributed by atoms with van der Waals surface area (Å²) in [6.45, 7) is 9.86. The Balaban J connectivity index is 1.76. The van der Waals surface area contributed by atoms with E-state index in [4.69, 9.17) is 4.74 Å². The van der Waals surface area contributed by atoms with Crippen molar-refractivity contribution in [3.05, 3.63) is 29.3 Å². The van der Waals surface area contributed by atoms with Crippen molar-refractivity contribution in [2.75, 3.05) is 6.54 Å². The molecule has 0 heterocycles. The molecular formula is C19H31NO. The minimum atomic E-state index is 0.211. The first-order chi connectivity index (χ1) is 9.94. The van der Waals surface area contributed by atoms with Crippen LogP contribution in [0.15, 0.2) is 18.2 Å². The SMILES string of the molecule is CC(CCCNC(C)(C)C)Oc1ccc2c(c1)CCCC2.